The SMILES string of the molecule is CCNC(=NCc1ccc(OC)c(O)c1)NC1CCC(C)CC1.I. The van der Waals surface area contributed by atoms with Crippen LogP contribution in [0.4, 0.5) is 0 Å². The Morgan fingerprint density at radius 2 is 2.00 bits per heavy atom. The smallest absolute Gasteiger partial charge is 0.191 e. The van der Waals surface area contributed by atoms with Crippen molar-refractivity contribution in [3.8, 4) is 11.5 Å². The Balaban J connectivity index is 0.00000288. The third-order valence-electron chi connectivity index (χ3n) is 4.36. The normalized spacial score (nSPS) is 20.9. The average molecular weight is 447 g/mol. The van der Waals surface area contributed by atoms with Crippen LogP contribution in [0.25, 0.3) is 0 Å². The van der Waals surface area contributed by atoms with Crippen LogP contribution in [-0.2, 0) is 6.54 Å². The highest BCUT2D eigenvalue weighted by Gasteiger charge is 2.18. The van der Waals surface area contributed by atoms with Crippen LogP contribution in [-0.4, -0.2) is 30.8 Å². The lowest BCUT2D eigenvalue weighted by atomic mass is 9.87. The number of phenolic OH excluding ortho intramolecular Hbond substituents is 1. The number of hydrogen-bond donors (Lipinski definition) is 3. The number of benzene rings is 1. The van der Waals surface area contributed by atoms with Crippen LogP contribution in [0.15, 0.2) is 23.2 Å². The van der Waals surface area contributed by atoms with Crippen molar-refractivity contribution in [3.05, 3.63) is 23.8 Å². The average Bonchev–Trinajstić information content (AvgIpc) is 2.55. The lowest BCUT2D eigenvalue weighted by Gasteiger charge is -2.28. The van der Waals surface area contributed by atoms with Gasteiger partial charge in [-0.05, 0) is 56.2 Å². The van der Waals surface area contributed by atoms with E-state index in [-0.39, 0.29) is 29.7 Å². The number of aromatic hydroxyl groups is 1. The van der Waals surface area contributed by atoms with Crippen molar-refractivity contribution in [2.24, 2.45) is 10.9 Å². The van der Waals surface area contributed by atoms with Crippen molar-refractivity contribution in [2.45, 2.75) is 52.1 Å². The van der Waals surface area contributed by atoms with Gasteiger partial charge >= 0.3 is 0 Å². The molecule has 0 amide bonds. The summed E-state index contributed by atoms with van der Waals surface area (Å²) >= 11 is 0. The maximum atomic E-state index is 9.84. The van der Waals surface area contributed by atoms with Crippen molar-refractivity contribution >= 4 is 29.9 Å². The monoisotopic (exact) mass is 447 g/mol. The van der Waals surface area contributed by atoms with Gasteiger partial charge in [-0.15, -0.1) is 24.0 Å². The van der Waals surface area contributed by atoms with Crippen LogP contribution in [0.1, 0.15) is 45.1 Å². The molecule has 0 spiro atoms. The molecule has 24 heavy (non-hydrogen) atoms. The number of hydrogen-bond acceptors (Lipinski definition) is 3. The first-order valence-corrected chi connectivity index (χ1v) is 8.53. The number of halogens is 1. The summed E-state index contributed by atoms with van der Waals surface area (Å²) in [7, 11) is 1.55. The first-order valence-electron chi connectivity index (χ1n) is 8.53. The number of guanidine groups is 1. The molecule has 1 saturated carbocycles. The lowest BCUT2D eigenvalue weighted by molar-refractivity contribution is 0.329. The van der Waals surface area contributed by atoms with Gasteiger partial charge in [0.15, 0.2) is 17.5 Å². The molecule has 0 unspecified atom stereocenters. The van der Waals surface area contributed by atoms with E-state index in [0.29, 0.717) is 18.3 Å². The minimum absolute atomic E-state index is 0. The van der Waals surface area contributed by atoms with Gasteiger partial charge in [0.05, 0.1) is 13.7 Å². The molecule has 1 aliphatic carbocycles. The lowest BCUT2D eigenvalue weighted by Crippen LogP contribution is -2.44. The van der Waals surface area contributed by atoms with E-state index in [0.717, 1.165) is 24.0 Å². The summed E-state index contributed by atoms with van der Waals surface area (Å²) in [5.74, 6) is 2.33. The van der Waals surface area contributed by atoms with E-state index in [9.17, 15) is 5.11 Å². The van der Waals surface area contributed by atoms with E-state index < -0.39 is 0 Å². The van der Waals surface area contributed by atoms with Gasteiger partial charge in [-0.1, -0.05) is 13.0 Å². The van der Waals surface area contributed by atoms with Gasteiger partial charge in [0.1, 0.15) is 0 Å². The molecule has 0 atom stereocenters. The van der Waals surface area contributed by atoms with E-state index >= 15 is 0 Å². The summed E-state index contributed by atoms with van der Waals surface area (Å²) in [5.41, 5.74) is 0.956. The van der Waals surface area contributed by atoms with Gasteiger partial charge in [-0.25, -0.2) is 4.99 Å². The van der Waals surface area contributed by atoms with Crippen molar-refractivity contribution in [1.29, 1.82) is 0 Å². The second-order valence-corrected chi connectivity index (χ2v) is 6.30. The third-order valence-corrected chi connectivity index (χ3v) is 4.36. The van der Waals surface area contributed by atoms with Gasteiger partial charge in [0, 0.05) is 12.6 Å². The minimum Gasteiger partial charge on any atom is -0.504 e. The summed E-state index contributed by atoms with van der Waals surface area (Å²) < 4.78 is 5.06. The molecule has 6 heteroatoms. The summed E-state index contributed by atoms with van der Waals surface area (Å²) in [6.45, 7) is 5.75. The zero-order valence-corrected chi connectivity index (χ0v) is 17.2. The van der Waals surface area contributed by atoms with Gasteiger partial charge in [-0.3, -0.25) is 0 Å². The van der Waals surface area contributed by atoms with Crippen LogP contribution >= 0.6 is 24.0 Å². The van der Waals surface area contributed by atoms with Gasteiger partial charge < -0.3 is 20.5 Å². The molecule has 1 fully saturated rings. The topological polar surface area (TPSA) is 65.9 Å². The molecule has 0 heterocycles. The van der Waals surface area contributed by atoms with Gasteiger partial charge in [0.2, 0.25) is 0 Å². The molecule has 0 saturated heterocycles. The number of ether oxygens (including phenoxy) is 1. The van der Waals surface area contributed by atoms with E-state index in [1.807, 2.05) is 6.07 Å². The Labute approximate surface area is 162 Å². The first-order chi connectivity index (χ1) is 11.1. The first kappa shape index (κ1) is 20.9. The highest BCUT2D eigenvalue weighted by Crippen LogP contribution is 2.26. The zero-order valence-electron chi connectivity index (χ0n) is 14.8. The number of phenols is 1. The molecule has 1 aromatic carbocycles. The Morgan fingerprint density at radius 1 is 1.29 bits per heavy atom. The molecule has 3 N–H and O–H groups in total. The zero-order chi connectivity index (χ0) is 16.7. The number of rotatable bonds is 5. The van der Waals surface area contributed by atoms with Crippen LogP contribution in [0.2, 0.25) is 0 Å². The van der Waals surface area contributed by atoms with E-state index in [2.05, 4.69) is 29.5 Å². The molecule has 5 nitrogen and oxygen atoms in total. The second kappa shape index (κ2) is 10.6. The number of aliphatic imine (C=N–C) groups is 1. The fourth-order valence-corrected chi connectivity index (χ4v) is 2.92. The van der Waals surface area contributed by atoms with Crippen molar-refractivity contribution in [2.75, 3.05) is 13.7 Å². The maximum Gasteiger partial charge on any atom is 0.191 e. The molecule has 136 valence electrons. The summed E-state index contributed by atoms with van der Waals surface area (Å²) in [6.07, 6.45) is 4.97. The largest absolute Gasteiger partial charge is 0.504 e. The number of methoxy groups -OCH3 is 1. The Morgan fingerprint density at radius 3 is 2.58 bits per heavy atom. The quantitative estimate of drug-likeness (QED) is 0.366. The Bertz CT molecular complexity index is 529. The fraction of sp³-hybridized carbons (Fsp3) is 0.611. The predicted octanol–water partition coefficient (Wildman–Crippen LogP) is 3.65. The molecule has 0 bridgehead atoms. The van der Waals surface area contributed by atoms with E-state index in [1.165, 1.54) is 25.7 Å². The second-order valence-electron chi connectivity index (χ2n) is 6.30. The van der Waals surface area contributed by atoms with Crippen molar-refractivity contribution < 1.29 is 9.84 Å². The van der Waals surface area contributed by atoms with Crippen LogP contribution in [0.3, 0.4) is 0 Å². The van der Waals surface area contributed by atoms with Crippen LogP contribution in [0.5, 0.6) is 11.5 Å². The van der Waals surface area contributed by atoms with Gasteiger partial charge in [-0.2, -0.15) is 0 Å². The minimum atomic E-state index is 0. The molecule has 0 aliphatic heterocycles. The molecule has 0 radical (unpaired) electrons. The number of nitrogens with zero attached hydrogens (tertiary/aromatic N) is 1. The molecule has 1 aromatic rings. The van der Waals surface area contributed by atoms with Crippen molar-refractivity contribution in [1.82, 2.24) is 10.6 Å². The van der Waals surface area contributed by atoms with E-state index in [4.69, 9.17) is 4.74 Å². The summed E-state index contributed by atoms with van der Waals surface area (Å²) in [4.78, 5) is 4.64. The summed E-state index contributed by atoms with van der Waals surface area (Å²) in [5, 5.41) is 16.7. The Hall–Kier alpha value is -1.18. The van der Waals surface area contributed by atoms with Crippen LogP contribution < -0.4 is 15.4 Å². The fourth-order valence-electron chi connectivity index (χ4n) is 2.92. The summed E-state index contributed by atoms with van der Waals surface area (Å²) in [6, 6.07) is 5.90. The molecule has 1 aliphatic rings. The molecular formula is C18H30IN3O2. The molecule has 0 aromatic heterocycles. The molecular weight excluding hydrogens is 417 g/mol. The highest BCUT2D eigenvalue weighted by atomic mass is 127. The number of nitrogens with one attached hydrogen (secondary N) is 2. The van der Waals surface area contributed by atoms with Crippen LogP contribution in [0, 0.1) is 5.92 Å². The third kappa shape index (κ3) is 6.37. The predicted molar refractivity (Wildman–Crippen MR) is 109 cm³/mol. The van der Waals surface area contributed by atoms with E-state index in [1.54, 1.807) is 19.2 Å². The van der Waals surface area contributed by atoms with Crippen molar-refractivity contribution in [3.63, 3.8) is 0 Å². The highest BCUT2D eigenvalue weighted by molar-refractivity contribution is 14.0. The molecule has 2 rings (SSSR count). The van der Waals surface area contributed by atoms with Gasteiger partial charge in [0.25, 0.3) is 0 Å². The standard InChI is InChI=1S/C18H29N3O2.HI/c1-4-19-18(21-15-8-5-13(2)6-9-15)20-12-14-7-10-17(23-3)16(22)11-14;/h7,10-11,13,15,22H,4-6,8-9,12H2,1-3H3,(H2,19,20,21);1H. The Kier molecular flexibility index (Phi) is 9.25. The maximum absolute atomic E-state index is 9.84.